The van der Waals surface area contributed by atoms with Crippen LogP contribution in [0.4, 0.5) is 0 Å². The molecule has 0 aromatic carbocycles. The fourth-order valence-electron chi connectivity index (χ4n) is 1.22. The molecule has 0 bridgehead atoms. The number of unbranched alkanes of at least 4 members (excludes halogenated alkanes) is 2. The number of nitriles is 1. The zero-order valence-corrected chi connectivity index (χ0v) is 10.9. The first-order valence-electron chi connectivity index (χ1n) is 5.35. The van der Waals surface area contributed by atoms with Gasteiger partial charge >= 0.3 is 5.97 Å². The summed E-state index contributed by atoms with van der Waals surface area (Å²) in [6, 6.07) is 1.94. The summed E-state index contributed by atoms with van der Waals surface area (Å²) in [5, 5.41) is 17.0. The Morgan fingerprint density at radius 1 is 1.47 bits per heavy atom. The largest absolute Gasteiger partial charge is 0.481 e. The van der Waals surface area contributed by atoms with Crippen molar-refractivity contribution in [2.24, 2.45) is 5.92 Å². The van der Waals surface area contributed by atoms with Crippen LogP contribution >= 0.6 is 0 Å². The molecule has 0 aromatic heterocycles. The van der Waals surface area contributed by atoms with E-state index in [9.17, 15) is 13.2 Å². The Morgan fingerprint density at radius 3 is 2.53 bits per heavy atom. The summed E-state index contributed by atoms with van der Waals surface area (Å²) in [4.78, 5) is 10.6. The standard InChI is InChI=1S/C10H18N2O4S/c1-9(10(13)14)8-12(2)17(15,16)7-5-3-4-6-11/h9H,3-5,7-8H2,1-2H3,(H,13,14). The van der Waals surface area contributed by atoms with Gasteiger partial charge in [-0.25, -0.2) is 12.7 Å². The van der Waals surface area contributed by atoms with E-state index in [4.69, 9.17) is 10.4 Å². The summed E-state index contributed by atoms with van der Waals surface area (Å²) in [5.41, 5.74) is 0. The van der Waals surface area contributed by atoms with Crippen LogP contribution in [-0.2, 0) is 14.8 Å². The minimum atomic E-state index is -3.41. The van der Waals surface area contributed by atoms with Gasteiger partial charge in [-0.15, -0.1) is 0 Å². The average Bonchev–Trinajstić information content (AvgIpc) is 2.24. The van der Waals surface area contributed by atoms with E-state index in [1.165, 1.54) is 14.0 Å². The molecule has 0 amide bonds. The number of aliphatic carboxylic acids is 1. The molecule has 0 saturated heterocycles. The SMILES string of the molecule is CC(CN(C)S(=O)(=O)CCCCC#N)C(=O)O. The Kier molecular flexibility index (Phi) is 6.76. The number of sulfonamides is 1. The molecule has 0 rings (SSSR count). The second kappa shape index (κ2) is 7.25. The van der Waals surface area contributed by atoms with Crippen LogP contribution in [0.3, 0.4) is 0 Å². The van der Waals surface area contributed by atoms with Crippen LogP contribution in [0.5, 0.6) is 0 Å². The van der Waals surface area contributed by atoms with Crippen molar-refractivity contribution in [2.75, 3.05) is 19.3 Å². The molecule has 6 nitrogen and oxygen atoms in total. The van der Waals surface area contributed by atoms with E-state index < -0.39 is 21.9 Å². The van der Waals surface area contributed by atoms with Crippen molar-refractivity contribution in [3.8, 4) is 6.07 Å². The Morgan fingerprint density at radius 2 is 2.06 bits per heavy atom. The summed E-state index contributed by atoms with van der Waals surface area (Å²) >= 11 is 0. The number of carboxylic acids is 1. The number of rotatable bonds is 8. The van der Waals surface area contributed by atoms with Crippen LogP contribution < -0.4 is 0 Å². The second-order valence-electron chi connectivity index (χ2n) is 3.95. The molecule has 1 N–H and O–H groups in total. The van der Waals surface area contributed by atoms with E-state index in [0.29, 0.717) is 19.3 Å². The smallest absolute Gasteiger partial charge is 0.307 e. The quantitative estimate of drug-likeness (QED) is 0.648. The van der Waals surface area contributed by atoms with Crippen LogP contribution in [0.15, 0.2) is 0 Å². The molecule has 17 heavy (non-hydrogen) atoms. The van der Waals surface area contributed by atoms with Crippen LogP contribution in [-0.4, -0.2) is 43.1 Å². The van der Waals surface area contributed by atoms with Crippen molar-refractivity contribution in [1.82, 2.24) is 4.31 Å². The monoisotopic (exact) mass is 262 g/mol. The van der Waals surface area contributed by atoms with Gasteiger partial charge in [0.05, 0.1) is 17.7 Å². The maximum Gasteiger partial charge on any atom is 0.307 e. The van der Waals surface area contributed by atoms with E-state index in [2.05, 4.69) is 0 Å². The molecule has 0 aliphatic rings. The minimum absolute atomic E-state index is 0.0318. The molecule has 0 fully saturated rings. The topological polar surface area (TPSA) is 98.5 Å². The van der Waals surface area contributed by atoms with E-state index in [-0.39, 0.29) is 12.3 Å². The molecule has 98 valence electrons. The molecule has 1 unspecified atom stereocenters. The molecule has 1 atom stereocenters. The van der Waals surface area contributed by atoms with Gasteiger partial charge in [-0.3, -0.25) is 4.79 Å². The normalized spacial score (nSPS) is 13.3. The van der Waals surface area contributed by atoms with Crippen LogP contribution in [0.2, 0.25) is 0 Å². The Bertz CT molecular complexity index is 386. The molecule has 0 radical (unpaired) electrons. The number of hydrogen-bond donors (Lipinski definition) is 1. The molecule has 0 spiro atoms. The molecular weight excluding hydrogens is 244 g/mol. The zero-order chi connectivity index (χ0) is 13.5. The van der Waals surface area contributed by atoms with E-state index >= 15 is 0 Å². The summed E-state index contributed by atoms with van der Waals surface area (Å²) in [5.74, 6) is -1.79. The van der Waals surface area contributed by atoms with Gasteiger partial charge in [-0.05, 0) is 12.8 Å². The summed E-state index contributed by atoms with van der Waals surface area (Å²) in [6.45, 7) is 1.43. The van der Waals surface area contributed by atoms with Crippen molar-refractivity contribution in [3.05, 3.63) is 0 Å². The first-order chi connectivity index (χ1) is 7.81. The fraction of sp³-hybridized carbons (Fsp3) is 0.800. The first kappa shape index (κ1) is 15.9. The van der Waals surface area contributed by atoms with Crippen molar-refractivity contribution in [3.63, 3.8) is 0 Å². The number of nitrogens with zero attached hydrogens (tertiary/aromatic N) is 2. The third-order valence-electron chi connectivity index (χ3n) is 2.37. The van der Waals surface area contributed by atoms with Gasteiger partial charge in [0.15, 0.2) is 0 Å². The van der Waals surface area contributed by atoms with Crippen LogP contribution in [0.25, 0.3) is 0 Å². The van der Waals surface area contributed by atoms with Crippen LogP contribution in [0, 0.1) is 17.2 Å². The molecule has 0 aromatic rings. The van der Waals surface area contributed by atoms with Gasteiger partial charge in [-0.1, -0.05) is 6.92 Å². The highest BCUT2D eigenvalue weighted by atomic mass is 32.2. The molecule has 0 aliphatic carbocycles. The second-order valence-corrected chi connectivity index (χ2v) is 6.15. The van der Waals surface area contributed by atoms with E-state index in [0.717, 1.165) is 4.31 Å². The Hall–Kier alpha value is -1.13. The van der Waals surface area contributed by atoms with Crippen molar-refractivity contribution >= 4 is 16.0 Å². The fourth-order valence-corrected chi connectivity index (χ4v) is 2.55. The van der Waals surface area contributed by atoms with E-state index in [1.807, 2.05) is 6.07 Å². The predicted octanol–water partition coefficient (Wildman–Crippen LogP) is 0.663. The Labute approximate surface area is 102 Å². The molecule has 7 heteroatoms. The van der Waals surface area contributed by atoms with Gasteiger partial charge in [0, 0.05) is 20.0 Å². The van der Waals surface area contributed by atoms with E-state index in [1.54, 1.807) is 0 Å². The van der Waals surface area contributed by atoms with Gasteiger partial charge in [0.25, 0.3) is 0 Å². The van der Waals surface area contributed by atoms with Crippen molar-refractivity contribution in [2.45, 2.75) is 26.2 Å². The van der Waals surface area contributed by atoms with Gasteiger partial charge < -0.3 is 5.11 Å². The molecule has 0 heterocycles. The summed E-state index contributed by atoms with van der Waals surface area (Å²) in [7, 11) is -2.03. The highest BCUT2D eigenvalue weighted by Crippen LogP contribution is 2.07. The molecular formula is C10H18N2O4S. The third kappa shape index (κ3) is 6.24. The van der Waals surface area contributed by atoms with Crippen molar-refractivity contribution in [1.29, 1.82) is 5.26 Å². The lowest BCUT2D eigenvalue weighted by Crippen LogP contribution is -2.35. The lowest BCUT2D eigenvalue weighted by molar-refractivity contribution is -0.141. The Balaban J connectivity index is 4.22. The number of hydrogen-bond acceptors (Lipinski definition) is 4. The average molecular weight is 262 g/mol. The summed E-state index contributed by atoms with van der Waals surface area (Å²) < 4.78 is 24.5. The van der Waals surface area contributed by atoms with Crippen molar-refractivity contribution < 1.29 is 18.3 Å². The zero-order valence-electron chi connectivity index (χ0n) is 10.1. The third-order valence-corrected chi connectivity index (χ3v) is 4.27. The lowest BCUT2D eigenvalue weighted by atomic mass is 10.2. The highest BCUT2D eigenvalue weighted by molar-refractivity contribution is 7.89. The molecule has 0 saturated carbocycles. The van der Waals surface area contributed by atoms with Gasteiger partial charge in [0.1, 0.15) is 0 Å². The summed E-state index contributed by atoms with van der Waals surface area (Å²) in [6.07, 6.45) is 1.30. The number of carbonyl (C=O) groups is 1. The lowest BCUT2D eigenvalue weighted by Gasteiger charge is -2.18. The maximum atomic E-state index is 11.7. The number of carboxylic acid groups (broad SMARTS) is 1. The van der Waals surface area contributed by atoms with Gasteiger partial charge in [-0.2, -0.15) is 5.26 Å². The highest BCUT2D eigenvalue weighted by Gasteiger charge is 2.22. The first-order valence-corrected chi connectivity index (χ1v) is 6.96. The minimum Gasteiger partial charge on any atom is -0.481 e. The maximum absolute atomic E-state index is 11.7. The van der Waals surface area contributed by atoms with Gasteiger partial charge in [0.2, 0.25) is 10.0 Å². The molecule has 0 aliphatic heterocycles. The predicted molar refractivity (Wildman–Crippen MR) is 62.7 cm³/mol. The van der Waals surface area contributed by atoms with Crippen LogP contribution in [0.1, 0.15) is 26.2 Å².